The van der Waals surface area contributed by atoms with Gasteiger partial charge in [-0.3, -0.25) is 4.98 Å². The van der Waals surface area contributed by atoms with E-state index in [2.05, 4.69) is 54.4 Å². The Morgan fingerprint density at radius 3 is 2.70 bits per heavy atom. The molecule has 0 saturated heterocycles. The first kappa shape index (κ1) is 12.8. The second kappa shape index (κ2) is 5.43. The molecule has 2 nitrogen and oxygen atoms in total. The summed E-state index contributed by atoms with van der Waals surface area (Å²) in [6.45, 7) is 2.09. The summed E-state index contributed by atoms with van der Waals surface area (Å²) < 4.78 is 0. The highest BCUT2D eigenvalue weighted by Gasteiger charge is 2.08. The van der Waals surface area contributed by atoms with E-state index >= 15 is 0 Å². The third-order valence-corrected chi connectivity index (χ3v) is 3.56. The van der Waals surface area contributed by atoms with Gasteiger partial charge in [0.15, 0.2) is 0 Å². The molecule has 0 aliphatic rings. The molecule has 2 heteroatoms. The summed E-state index contributed by atoms with van der Waals surface area (Å²) in [5.74, 6) is 0. The fourth-order valence-electron chi connectivity index (χ4n) is 2.47. The smallest absolute Gasteiger partial charge is 0.0705 e. The largest absolute Gasteiger partial charge is 0.324 e. The fraction of sp³-hybridized carbons (Fsp3) is 0.167. The molecule has 20 heavy (non-hydrogen) atoms. The Balaban J connectivity index is 1.85. The minimum Gasteiger partial charge on any atom is -0.324 e. The molecule has 0 bridgehead atoms. The van der Waals surface area contributed by atoms with E-state index < -0.39 is 0 Å². The molecule has 1 heterocycles. The van der Waals surface area contributed by atoms with E-state index in [1.54, 1.807) is 0 Å². The lowest BCUT2D eigenvalue weighted by Crippen LogP contribution is -2.14. The van der Waals surface area contributed by atoms with E-state index in [-0.39, 0.29) is 6.04 Å². The summed E-state index contributed by atoms with van der Waals surface area (Å²) in [5, 5.41) is 1.17. The molecule has 0 saturated carbocycles. The highest BCUT2D eigenvalue weighted by Crippen LogP contribution is 2.18. The number of aromatic nitrogens is 1. The Bertz CT molecular complexity index is 734. The first-order valence-corrected chi connectivity index (χ1v) is 6.89. The topological polar surface area (TPSA) is 38.9 Å². The summed E-state index contributed by atoms with van der Waals surface area (Å²) in [5.41, 5.74) is 10.8. The zero-order valence-corrected chi connectivity index (χ0v) is 11.6. The molecule has 0 spiro atoms. The van der Waals surface area contributed by atoms with Gasteiger partial charge in [-0.05, 0) is 24.6 Å². The SMILES string of the molecule is Cc1cccc(C(N)Cc2ccc3ccccc3n2)c1. The lowest BCUT2D eigenvalue weighted by Gasteiger charge is -2.12. The van der Waals surface area contributed by atoms with Crippen molar-refractivity contribution in [2.75, 3.05) is 0 Å². The summed E-state index contributed by atoms with van der Waals surface area (Å²) in [7, 11) is 0. The standard InChI is InChI=1S/C18H18N2/c1-13-5-4-7-15(11-13)17(19)12-16-10-9-14-6-2-3-8-18(14)20-16/h2-11,17H,12,19H2,1H3. The Kier molecular flexibility index (Phi) is 3.48. The van der Waals surface area contributed by atoms with Crippen LogP contribution >= 0.6 is 0 Å². The Morgan fingerprint density at radius 2 is 1.85 bits per heavy atom. The molecule has 2 N–H and O–H groups in total. The molecule has 0 aliphatic carbocycles. The maximum absolute atomic E-state index is 6.30. The average molecular weight is 262 g/mol. The van der Waals surface area contributed by atoms with Crippen LogP contribution in [0.25, 0.3) is 10.9 Å². The molecule has 0 fully saturated rings. The molecular formula is C18H18N2. The minimum absolute atomic E-state index is 0.0106. The Labute approximate surface area is 119 Å². The number of nitrogens with zero attached hydrogens (tertiary/aromatic N) is 1. The van der Waals surface area contributed by atoms with Crippen molar-refractivity contribution >= 4 is 10.9 Å². The highest BCUT2D eigenvalue weighted by molar-refractivity contribution is 5.78. The van der Waals surface area contributed by atoms with Gasteiger partial charge in [-0.15, -0.1) is 0 Å². The first-order valence-electron chi connectivity index (χ1n) is 6.89. The molecule has 1 aromatic heterocycles. The quantitative estimate of drug-likeness (QED) is 0.780. The predicted molar refractivity (Wildman–Crippen MR) is 83.6 cm³/mol. The van der Waals surface area contributed by atoms with Crippen LogP contribution in [0.1, 0.15) is 22.9 Å². The first-order chi connectivity index (χ1) is 9.72. The van der Waals surface area contributed by atoms with E-state index in [0.717, 1.165) is 17.6 Å². The van der Waals surface area contributed by atoms with Gasteiger partial charge in [-0.25, -0.2) is 0 Å². The molecule has 0 radical (unpaired) electrons. The highest BCUT2D eigenvalue weighted by atomic mass is 14.7. The lowest BCUT2D eigenvalue weighted by atomic mass is 10.0. The van der Waals surface area contributed by atoms with Crippen molar-refractivity contribution in [1.29, 1.82) is 0 Å². The van der Waals surface area contributed by atoms with Gasteiger partial charge >= 0.3 is 0 Å². The predicted octanol–water partition coefficient (Wildman–Crippen LogP) is 3.79. The number of hydrogen-bond acceptors (Lipinski definition) is 2. The minimum atomic E-state index is -0.0106. The molecule has 3 rings (SSSR count). The normalized spacial score (nSPS) is 12.5. The Morgan fingerprint density at radius 1 is 1.00 bits per heavy atom. The lowest BCUT2D eigenvalue weighted by molar-refractivity contribution is 0.708. The van der Waals surface area contributed by atoms with Crippen molar-refractivity contribution < 1.29 is 0 Å². The molecule has 2 aromatic carbocycles. The molecular weight excluding hydrogens is 244 g/mol. The van der Waals surface area contributed by atoms with Gasteiger partial charge in [0, 0.05) is 23.5 Å². The van der Waals surface area contributed by atoms with Crippen molar-refractivity contribution in [2.24, 2.45) is 5.73 Å². The number of rotatable bonds is 3. The van der Waals surface area contributed by atoms with Crippen LogP contribution in [-0.2, 0) is 6.42 Å². The van der Waals surface area contributed by atoms with Gasteiger partial charge in [-0.1, -0.05) is 54.1 Å². The zero-order chi connectivity index (χ0) is 13.9. The Hall–Kier alpha value is -2.19. The van der Waals surface area contributed by atoms with Gasteiger partial charge < -0.3 is 5.73 Å². The molecule has 100 valence electrons. The summed E-state index contributed by atoms with van der Waals surface area (Å²) >= 11 is 0. The van der Waals surface area contributed by atoms with Crippen LogP contribution in [0, 0.1) is 6.92 Å². The van der Waals surface area contributed by atoms with Crippen LogP contribution in [0.5, 0.6) is 0 Å². The number of hydrogen-bond donors (Lipinski definition) is 1. The second-order valence-electron chi connectivity index (χ2n) is 5.22. The van der Waals surface area contributed by atoms with Crippen molar-refractivity contribution in [3.63, 3.8) is 0 Å². The maximum atomic E-state index is 6.30. The average Bonchev–Trinajstić information content (AvgIpc) is 2.47. The maximum Gasteiger partial charge on any atom is 0.0705 e. The molecule has 0 aliphatic heterocycles. The van der Waals surface area contributed by atoms with E-state index in [4.69, 9.17) is 5.73 Å². The van der Waals surface area contributed by atoms with Crippen LogP contribution in [-0.4, -0.2) is 4.98 Å². The van der Waals surface area contributed by atoms with Crippen molar-refractivity contribution in [3.05, 3.63) is 77.5 Å². The van der Waals surface area contributed by atoms with Crippen molar-refractivity contribution in [2.45, 2.75) is 19.4 Å². The van der Waals surface area contributed by atoms with Gasteiger partial charge in [0.05, 0.1) is 5.52 Å². The number of pyridine rings is 1. The summed E-state index contributed by atoms with van der Waals surface area (Å²) in [6, 6.07) is 20.7. The van der Waals surface area contributed by atoms with Gasteiger partial charge in [0.1, 0.15) is 0 Å². The molecule has 1 unspecified atom stereocenters. The number of aryl methyl sites for hydroxylation is 1. The van der Waals surface area contributed by atoms with Crippen LogP contribution in [0.15, 0.2) is 60.7 Å². The zero-order valence-electron chi connectivity index (χ0n) is 11.6. The van der Waals surface area contributed by atoms with E-state index in [1.165, 1.54) is 16.5 Å². The molecule has 0 amide bonds. The number of nitrogens with two attached hydrogens (primary N) is 1. The van der Waals surface area contributed by atoms with E-state index in [1.807, 2.05) is 18.2 Å². The van der Waals surface area contributed by atoms with E-state index in [9.17, 15) is 0 Å². The summed E-state index contributed by atoms with van der Waals surface area (Å²) in [6.07, 6.45) is 0.758. The van der Waals surface area contributed by atoms with E-state index in [0.29, 0.717) is 0 Å². The number of benzene rings is 2. The van der Waals surface area contributed by atoms with Crippen molar-refractivity contribution in [1.82, 2.24) is 4.98 Å². The van der Waals surface area contributed by atoms with Gasteiger partial charge in [0.2, 0.25) is 0 Å². The summed E-state index contributed by atoms with van der Waals surface area (Å²) in [4.78, 5) is 4.68. The van der Waals surface area contributed by atoms with Gasteiger partial charge in [-0.2, -0.15) is 0 Å². The monoisotopic (exact) mass is 262 g/mol. The van der Waals surface area contributed by atoms with Crippen molar-refractivity contribution in [3.8, 4) is 0 Å². The van der Waals surface area contributed by atoms with Crippen LogP contribution in [0.2, 0.25) is 0 Å². The number of para-hydroxylation sites is 1. The third-order valence-electron chi connectivity index (χ3n) is 3.56. The molecule has 1 atom stereocenters. The third kappa shape index (κ3) is 2.70. The second-order valence-corrected chi connectivity index (χ2v) is 5.22. The fourth-order valence-corrected chi connectivity index (χ4v) is 2.47. The van der Waals surface area contributed by atoms with Crippen LogP contribution < -0.4 is 5.73 Å². The van der Waals surface area contributed by atoms with Crippen LogP contribution in [0.4, 0.5) is 0 Å². The number of fused-ring (bicyclic) bond motifs is 1. The van der Waals surface area contributed by atoms with Gasteiger partial charge in [0.25, 0.3) is 0 Å². The van der Waals surface area contributed by atoms with Crippen LogP contribution in [0.3, 0.4) is 0 Å². The molecule has 3 aromatic rings.